The number of fused-ring (bicyclic) bond motifs is 1. The molecule has 1 fully saturated rings. The summed E-state index contributed by atoms with van der Waals surface area (Å²) in [5.74, 6) is -0.352. The number of alkyl halides is 3. The molecular weight excluding hydrogens is 505 g/mol. The molecule has 5 rings (SSSR count). The molecule has 0 bridgehead atoms. The average molecular weight is 527 g/mol. The number of rotatable bonds is 6. The monoisotopic (exact) mass is 526 g/mol. The molecule has 10 heteroatoms. The first-order valence-electron chi connectivity index (χ1n) is 11.7. The van der Waals surface area contributed by atoms with Gasteiger partial charge in [-0.2, -0.15) is 18.3 Å². The van der Waals surface area contributed by atoms with Gasteiger partial charge in [-0.3, -0.25) is 9.59 Å². The number of anilines is 1. The highest BCUT2D eigenvalue weighted by molar-refractivity contribution is 6.34. The SMILES string of the molecule is O=C(Nc1cccc2c1cnn2-c1ccc(C(F)(F)F)cc1)c1cc(CNC(=O)C2CCC2)ccc1Cl. The Morgan fingerprint density at radius 3 is 2.49 bits per heavy atom. The smallest absolute Gasteiger partial charge is 0.352 e. The fourth-order valence-corrected chi connectivity index (χ4v) is 4.41. The molecule has 0 radical (unpaired) electrons. The molecule has 0 atom stereocenters. The highest BCUT2D eigenvalue weighted by Gasteiger charge is 2.30. The summed E-state index contributed by atoms with van der Waals surface area (Å²) in [6, 6.07) is 14.9. The quantitative estimate of drug-likeness (QED) is 0.307. The fraction of sp³-hybridized carbons (Fsp3) is 0.222. The fourth-order valence-electron chi connectivity index (χ4n) is 4.21. The zero-order valence-corrected chi connectivity index (χ0v) is 20.2. The third-order valence-electron chi connectivity index (χ3n) is 6.52. The highest BCUT2D eigenvalue weighted by Crippen LogP contribution is 2.31. The van der Waals surface area contributed by atoms with E-state index in [1.54, 1.807) is 36.4 Å². The largest absolute Gasteiger partial charge is 0.416 e. The molecule has 0 unspecified atom stereocenters. The lowest BCUT2D eigenvalue weighted by Crippen LogP contribution is -2.34. The number of benzene rings is 3. The Morgan fingerprint density at radius 2 is 1.81 bits per heavy atom. The van der Waals surface area contributed by atoms with E-state index in [0.717, 1.165) is 37.0 Å². The van der Waals surface area contributed by atoms with Gasteiger partial charge in [0, 0.05) is 17.8 Å². The third-order valence-corrected chi connectivity index (χ3v) is 6.85. The van der Waals surface area contributed by atoms with Crippen LogP contribution < -0.4 is 10.6 Å². The van der Waals surface area contributed by atoms with Gasteiger partial charge in [0.25, 0.3) is 5.91 Å². The maximum atomic E-state index is 13.1. The summed E-state index contributed by atoms with van der Waals surface area (Å²) < 4.78 is 40.3. The van der Waals surface area contributed by atoms with Crippen molar-refractivity contribution in [2.75, 3.05) is 5.32 Å². The molecule has 2 amide bonds. The van der Waals surface area contributed by atoms with E-state index in [4.69, 9.17) is 11.6 Å². The van der Waals surface area contributed by atoms with Crippen molar-refractivity contribution in [1.29, 1.82) is 0 Å². The molecule has 3 aromatic carbocycles. The minimum absolute atomic E-state index is 0.0175. The number of halogens is 4. The van der Waals surface area contributed by atoms with Crippen LogP contribution in [-0.4, -0.2) is 21.6 Å². The maximum Gasteiger partial charge on any atom is 0.416 e. The molecule has 1 aliphatic rings. The summed E-state index contributed by atoms with van der Waals surface area (Å²) in [6.07, 6.45) is -0.0128. The van der Waals surface area contributed by atoms with Crippen molar-refractivity contribution >= 4 is 40.0 Å². The summed E-state index contributed by atoms with van der Waals surface area (Å²) in [4.78, 5) is 25.3. The minimum atomic E-state index is -4.43. The average Bonchev–Trinajstić information content (AvgIpc) is 3.27. The lowest BCUT2D eigenvalue weighted by molar-refractivity contribution is -0.137. The Balaban J connectivity index is 1.35. The van der Waals surface area contributed by atoms with Crippen LogP contribution in [0.15, 0.2) is 66.9 Å². The number of nitrogens with zero attached hydrogens (tertiary/aromatic N) is 2. The summed E-state index contributed by atoms with van der Waals surface area (Å²) >= 11 is 6.30. The van der Waals surface area contributed by atoms with Crippen LogP contribution in [0.1, 0.15) is 40.7 Å². The van der Waals surface area contributed by atoms with Gasteiger partial charge >= 0.3 is 6.18 Å². The standard InChI is InChI=1S/C27H22ClF3N4O2/c28-22-12-7-16(14-32-25(36)17-3-1-4-17)13-20(22)26(37)34-23-5-2-6-24-21(23)15-33-35(24)19-10-8-18(9-11-19)27(29,30)31/h2,5-13,15,17H,1,3-4,14H2,(H,32,36)(H,34,37). The summed E-state index contributed by atoms with van der Waals surface area (Å²) in [5.41, 5.74) is 1.78. The van der Waals surface area contributed by atoms with Crippen molar-refractivity contribution in [2.24, 2.45) is 5.92 Å². The van der Waals surface area contributed by atoms with E-state index < -0.39 is 17.6 Å². The van der Waals surface area contributed by atoms with E-state index in [2.05, 4.69) is 15.7 Å². The molecular formula is C27H22ClF3N4O2. The normalized spacial score (nSPS) is 13.8. The van der Waals surface area contributed by atoms with E-state index >= 15 is 0 Å². The second-order valence-electron chi connectivity index (χ2n) is 8.95. The van der Waals surface area contributed by atoms with Crippen LogP contribution in [-0.2, 0) is 17.5 Å². The van der Waals surface area contributed by atoms with Crippen LogP contribution in [0.2, 0.25) is 5.02 Å². The number of hydrogen-bond acceptors (Lipinski definition) is 3. The van der Waals surface area contributed by atoms with Gasteiger partial charge in [-0.05, 0) is 66.9 Å². The molecule has 4 aromatic rings. The van der Waals surface area contributed by atoms with E-state index in [0.29, 0.717) is 28.8 Å². The van der Waals surface area contributed by atoms with E-state index in [-0.39, 0.29) is 22.4 Å². The van der Waals surface area contributed by atoms with Gasteiger partial charge in [0.15, 0.2) is 0 Å². The van der Waals surface area contributed by atoms with Crippen molar-refractivity contribution < 1.29 is 22.8 Å². The molecule has 1 saturated carbocycles. The molecule has 1 heterocycles. The van der Waals surface area contributed by atoms with E-state index in [1.165, 1.54) is 23.0 Å². The first kappa shape index (κ1) is 24.8. The molecule has 37 heavy (non-hydrogen) atoms. The Labute approximate surface area is 215 Å². The van der Waals surface area contributed by atoms with Gasteiger partial charge in [0.05, 0.1) is 39.2 Å². The number of carbonyl (C=O) groups is 2. The van der Waals surface area contributed by atoms with Crippen molar-refractivity contribution in [3.8, 4) is 5.69 Å². The van der Waals surface area contributed by atoms with Crippen LogP contribution in [0, 0.1) is 5.92 Å². The Bertz CT molecular complexity index is 1480. The van der Waals surface area contributed by atoms with Gasteiger partial charge < -0.3 is 10.6 Å². The predicted molar refractivity (Wildman–Crippen MR) is 135 cm³/mol. The molecule has 6 nitrogen and oxygen atoms in total. The highest BCUT2D eigenvalue weighted by atomic mass is 35.5. The van der Waals surface area contributed by atoms with Gasteiger partial charge in [0.2, 0.25) is 5.91 Å². The van der Waals surface area contributed by atoms with Gasteiger partial charge in [0.1, 0.15) is 0 Å². The second kappa shape index (κ2) is 9.89. The van der Waals surface area contributed by atoms with E-state index in [1.807, 2.05) is 0 Å². The van der Waals surface area contributed by atoms with Gasteiger partial charge in [-0.25, -0.2) is 4.68 Å². The zero-order chi connectivity index (χ0) is 26.2. The number of nitrogens with one attached hydrogen (secondary N) is 2. The third kappa shape index (κ3) is 5.17. The van der Waals surface area contributed by atoms with Crippen molar-refractivity contribution in [3.05, 3.63) is 88.6 Å². The van der Waals surface area contributed by atoms with Crippen LogP contribution >= 0.6 is 11.6 Å². The van der Waals surface area contributed by atoms with Crippen LogP contribution in [0.5, 0.6) is 0 Å². The molecule has 2 N–H and O–H groups in total. The van der Waals surface area contributed by atoms with Crippen molar-refractivity contribution in [3.63, 3.8) is 0 Å². The molecule has 1 aromatic heterocycles. The minimum Gasteiger partial charge on any atom is -0.352 e. The molecule has 1 aliphatic carbocycles. The topological polar surface area (TPSA) is 76.0 Å². The van der Waals surface area contributed by atoms with Crippen molar-refractivity contribution in [1.82, 2.24) is 15.1 Å². The lowest BCUT2D eigenvalue weighted by atomic mass is 9.85. The van der Waals surface area contributed by atoms with Crippen LogP contribution in [0.25, 0.3) is 16.6 Å². The predicted octanol–water partition coefficient (Wildman–Crippen LogP) is 6.37. The molecule has 0 spiro atoms. The number of hydrogen-bond donors (Lipinski definition) is 2. The van der Waals surface area contributed by atoms with E-state index in [9.17, 15) is 22.8 Å². The van der Waals surface area contributed by atoms with Gasteiger partial charge in [-0.15, -0.1) is 0 Å². The number of amides is 2. The lowest BCUT2D eigenvalue weighted by Gasteiger charge is -2.24. The summed E-state index contributed by atoms with van der Waals surface area (Å²) in [7, 11) is 0. The van der Waals surface area contributed by atoms with Crippen LogP contribution in [0.4, 0.5) is 18.9 Å². The van der Waals surface area contributed by atoms with Crippen LogP contribution in [0.3, 0.4) is 0 Å². The Kier molecular flexibility index (Phi) is 6.64. The second-order valence-corrected chi connectivity index (χ2v) is 9.36. The Hall–Kier alpha value is -3.85. The van der Waals surface area contributed by atoms with Crippen molar-refractivity contribution in [2.45, 2.75) is 32.0 Å². The summed E-state index contributed by atoms with van der Waals surface area (Å²) in [6.45, 7) is 0.294. The molecule has 190 valence electrons. The number of aromatic nitrogens is 2. The zero-order valence-electron chi connectivity index (χ0n) is 19.5. The summed E-state index contributed by atoms with van der Waals surface area (Å²) in [5, 5.41) is 10.9. The maximum absolute atomic E-state index is 13.1. The van der Waals surface area contributed by atoms with Gasteiger partial charge in [-0.1, -0.05) is 30.2 Å². The molecule has 0 saturated heterocycles. The number of carbonyl (C=O) groups excluding carboxylic acids is 2. The first-order chi connectivity index (χ1) is 17.7. The molecule has 0 aliphatic heterocycles. The first-order valence-corrected chi connectivity index (χ1v) is 12.1. The Morgan fingerprint density at radius 1 is 1.05 bits per heavy atom.